The molecule has 3 aromatic heterocycles. The van der Waals surface area contributed by atoms with E-state index in [-0.39, 0.29) is 6.03 Å². The minimum absolute atomic E-state index is 0.0240. The predicted octanol–water partition coefficient (Wildman–Crippen LogP) is 3.00. The van der Waals surface area contributed by atoms with Crippen LogP contribution in [-0.2, 0) is 6.54 Å². The van der Waals surface area contributed by atoms with Crippen molar-refractivity contribution in [3.05, 3.63) is 78.5 Å². The lowest BCUT2D eigenvalue weighted by Crippen LogP contribution is -2.44. The van der Waals surface area contributed by atoms with Crippen LogP contribution in [0.4, 0.5) is 4.79 Å². The van der Waals surface area contributed by atoms with Gasteiger partial charge < -0.3 is 10.2 Å². The zero-order valence-corrected chi connectivity index (χ0v) is 16.6. The molecule has 4 aromatic rings. The van der Waals surface area contributed by atoms with E-state index in [9.17, 15) is 4.79 Å². The Balaban J connectivity index is 1.17. The number of nitrogens with zero attached hydrogens (tertiary/aromatic N) is 6. The molecule has 0 saturated carbocycles. The largest absolute Gasteiger partial charge is 0.334 e. The van der Waals surface area contributed by atoms with Crippen molar-refractivity contribution in [2.75, 3.05) is 13.1 Å². The Bertz CT molecular complexity index is 1140. The molecule has 0 bridgehead atoms. The number of urea groups is 1. The van der Waals surface area contributed by atoms with E-state index in [1.165, 1.54) is 0 Å². The summed E-state index contributed by atoms with van der Waals surface area (Å²) in [5, 5.41) is 15.9. The molecule has 8 heteroatoms. The van der Waals surface area contributed by atoms with Gasteiger partial charge in [-0.25, -0.2) is 9.48 Å². The lowest BCUT2D eigenvalue weighted by atomic mass is 9.96. The van der Waals surface area contributed by atoms with Crippen molar-refractivity contribution in [2.24, 2.45) is 0 Å². The van der Waals surface area contributed by atoms with Gasteiger partial charge in [-0.3, -0.25) is 4.40 Å². The zero-order valence-electron chi connectivity index (χ0n) is 16.6. The summed E-state index contributed by atoms with van der Waals surface area (Å²) in [6.07, 6.45) is 7.43. The molecule has 1 aliphatic rings. The summed E-state index contributed by atoms with van der Waals surface area (Å²) < 4.78 is 3.86. The minimum atomic E-state index is -0.0240. The second kappa shape index (κ2) is 7.98. The van der Waals surface area contributed by atoms with Gasteiger partial charge >= 0.3 is 6.03 Å². The van der Waals surface area contributed by atoms with Crippen LogP contribution in [0.1, 0.15) is 30.1 Å². The molecule has 0 aliphatic carbocycles. The van der Waals surface area contributed by atoms with Gasteiger partial charge in [0, 0.05) is 44.1 Å². The third-order valence-electron chi connectivity index (χ3n) is 5.61. The highest BCUT2D eigenvalue weighted by Crippen LogP contribution is 2.27. The number of pyridine rings is 1. The van der Waals surface area contributed by atoms with Crippen LogP contribution in [0.25, 0.3) is 11.3 Å². The molecule has 1 aromatic carbocycles. The third kappa shape index (κ3) is 3.63. The molecule has 0 atom stereocenters. The number of carbonyl (C=O) groups excluding carboxylic acids is 1. The first-order valence-corrected chi connectivity index (χ1v) is 10.2. The van der Waals surface area contributed by atoms with Crippen molar-refractivity contribution in [1.29, 1.82) is 0 Å². The summed E-state index contributed by atoms with van der Waals surface area (Å²) in [4.78, 5) is 14.5. The molecule has 4 heterocycles. The van der Waals surface area contributed by atoms with Gasteiger partial charge in [0.1, 0.15) is 5.82 Å². The smallest absolute Gasteiger partial charge is 0.317 e. The van der Waals surface area contributed by atoms with Crippen LogP contribution in [0, 0.1) is 0 Å². The van der Waals surface area contributed by atoms with Crippen LogP contribution < -0.4 is 5.32 Å². The van der Waals surface area contributed by atoms with Gasteiger partial charge in [0.25, 0.3) is 0 Å². The number of likely N-dealkylation sites (tertiary alicyclic amines) is 1. The van der Waals surface area contributed by atoms with Gasteiger partial charge in [0.2, 0.25) is 0 Å². The normalized spacial score (nSPS) is 14.9. The number of benzene rings is 1. The highest BCUT2D eigenvalue weighted by Gasteiger charge is 2.26. The van der Waals surface area contributed by atoms with Gasteiger partial charge in [-0.1, -0.05) is 18.2 Å². The molecular weight excluding hydrogens is 378 g/mol. The number of aromatic nitrogens is 5. The molecule has 0 unspecified atom stereocenters. The van der Waals surface area contributed by atoms with Gasteiger partial charge in [-0.15, -0.1) is 10.2 Å². The van der Waals surface area contributed by atoms with Crippen LogP contribution >= 0.6 is 0 Å². The number of piperidine rings is 1. The Morgan fingerprint density at radius 3 is 2.77 bits per heavy atom. The number of hydrogen-bond donors (Lipinski definition) is 1. The number of amides is 2. The summed E-state index contributed by atoms with van der Waals surface area (Å²) in [6, 6.07) is 15.8. The maximum Gasteiger partial charge on any atom is 0.317 e. The van der Waals surface area contributed by atoms with Crippen molar-refractivity contribution < 1.29 is 4.79 Å². The lowest BCUT2D eigenvalue weighted by Gasteiger charge is -2.31. The van der Waals surface area contributed by atoms with E-state index in [1.807, 2.05) is 74.9 Å². The lowest BCUT2D eigenvalue weighted by molar-refractivity contribution is 0.180. The molecule has 152 valence electrons. The van der Waals surface area contributed by atoms with E-state index in [0.29, 0.717) is 25.6 Å². The Labute approximate surface area is 174 Å². The summed E-state index contributed by atoms with van der Waals surface area (Å²) in [6.45, 7) is 1.92. The fraction of sp³-hybridized carbons (Fsp3) is 0.273. The average molecular weight is 401 g/mol. The summed E-state index contributed by atoms with van der Waals surface area (Å²) in [7, 11) is 0. The van der Waals surface area contributed by atoms with Crippen LogP contribution in [-0.4, -0.2) is 48.4 Å². The molecule has 2 amide bonds. The molecular formula is C22H23N7O. The Hall–Kier alpha value is -3.68. The van der Waals surface area contributed by atoms with E-state index in [0.717, 1.165) is 35.6 Å². The fourth-order valence-electron chi connectivity index (χ4n) is 4.00. The van der Waals surface area contributed by atoms with E-state index >= 15 is 0 Å². The third-order valence-corrected chi connectivity index (χ3v) is 5.61. The van der Waals surface area contributed by atoms with Crippen LogP contribution in [0.2, 0.25) is 0 Å². The van der Waals surface area contributed by atoms with Crippen LogP contribution in [0.15, 0.2) is 67.1 Å². The molecule has 1 aliphatic heterocycles. The van der Waals surface area contributed by atoms with Crippen molar-refractivity contribution in [1.82, 2.24) is 34.6 Å². The molecule has 0 spiro atoms. The first-order valence-electron chi connectivity index (χ1n) is 10.2. The SMILES string of the molecule is O=C(NCc1cccc(-n2cccn2)c1)N1CCC(c2nnc3ccccn23)CC1. The second-order valence-corrected chi connectivity index (χ2v) is 7.53. The van der Waals surface area contributed by atoms with Crippen molar-refractivity contribution in [3.8, 4) is 5.69 Å². The topological polar surface area (TPSA) is 80.3 Å². The number of nitrogens with one attached hydrogen (secondary N) is 1. The zero-order chi connectivity index (χ0) is 20.3. The molecule has 1 fully saturated rings. The van der Waals surface area contributed by atoms with Crippen LogP contribution in [0.5, 0.6) is 0 Å². The molecule has 8 nitrogen and oxygen atoms in total. The molecule has 5 rings (SSSR count). The number of rotatable bonds is 4. The minimum Gasteiger partial charge on any atom is -0.334 e. The summed E-state index contributed by atoms with van der Waals surface area (Å²) >= 11 is 0. The highest BCUT2D eigenvalue weighted by atomic mass is 16.2. The highest BCUT2D eigenvalue weighted by molar-refractivity contribution is 5.74. The number of fused-ring (bicyclic) bond motifs is 1. The Morgan fingerprint density at radius 2 is 1.93 bits per heavy atom. The van der Waals surface area contributed by atoms with Gasteiger partial charge in [0.05, 0.1) is 5.69 Å². The molecule has 0 radical (unpaired) electrons. The predicted molar refractivity (Wildman–Crippen MR) is 112 cm³/mol. The van der Waals surface area contributed by atoms with Crippen molar-refractivity contribution >= 4 is 11.7 Å². The Kier molecular flexibility index (Phi) is 4.88. The van der Waals surface area contributed by atoms with E-state index < -0.39 is 0 Å². The van der Waals surface area contributed by atoms with Gasteiger partial charge in [-0.05, 0) is 48.7 Å². The van der Waals surface area contributed by atoms with Gasteiger partial charge in [0.15, 0.2) is 5.65 Å². The second-order valence-electron chi connectivity index (χ2n) is 7.53. The monoisotopic (exact) mass is 401 g/mol. The van der Waals surface area contributed by atoms with Crippen molar-refractivity contribution in [2.45, 2.75) is 25.3 Å². The first-order chi connectivity index (χ1) is 14.8. The van der Waals surface area contributed by atoms with E-state index in [4.69, 9.17) is 0 Å². The average Bonchev–Trinajstić information content (AvgIpc) is 3.48. The molecule has 1 saturated heterocycles. The molecule has 1 N–H and O–H groups in total. The Morgan fingerprint density at radius 1 is 1.03 bits per heavy atom. The standard InChI is InChI=1S/C22H23N7O/c30-22(23-16-17-5-3-6-19(15-17)29-12-4-10-24-29)27-13-8-18(9-14-27)21-26-25-20-7-1-2-11-28(20)21/h1-7,10-12,15,18H,8-9,13-14,16H2,(H,23,30). The summed E-state index contributed by atoms with van der Waals surface area (Å²) in [5.74, 6) is 1.30. The fourth-order valence-corrected chi connectivity index (χ4v) is 4.00. The maximum absolute atomic E-state index is 12.7. The maximum atomic E-state index is 12.7. The quantitative estimate of drug-likeness (QED) is 0.570. The van der Waals surface area contributed by atoms with Crippen molar-refractivity contribution in [3.63, 3.8) is 0 Å². The van der Waals surface area contributed by atoms with Gasteiger partial charge in [-0.2, -0.15) is 5.10 Å². The van der Waals surface area contributed by atoms with E-state index in [2.05, 4.69) is 20.6 Å². The number of carbonyl (C=O) groups is 1. The molecule has 30 heavy (non-hydrogen) atoms. The first kappa shape index (κ1) is 18.4. The van der Waals surface area contributed by atoms with E-state index in [1.54, 1.807) is 6.20 Å². The summed E-state index contributed by atoms with van der Waals surface area (Å²) in [5.41, 5.74) is 2.89. The van der Waals surface area contributed by atoms with Crippen LogP contribution in [0.3, 0.4) is 0 Å². The number of hydrogen-bond acceptors (Lipinski definition) is 4.